The van der Waals surface area contributed by atoms with Gasteiger partial charge in [-0.2, -0.15) is 0 Å². The SMILES string of the molecule is O=C(O)c1ccc(-c2ccccn2)nc1-c1ccccn1. The van der Waals surface area contributed by atoms with E-state index in [1.165, 1.54) is 6.07 Å². The van der Waals surface area contributed by atoms with E-state index in [2.05, 4.69) is 15.0 Å². The number of aromatic nitrogens is 3. The summed E-state index contributed by atoms with van der Waals surface area (Å²) < 4.78 is 0. The molecule has 0 saturated heterocycles. The van der Waals surface area contributed by atoms with Crippen molar-refractivity contribution in [2.45, 2.75) is 0 Å². The van der Waals surface area contributed by atoms with Gasteiger partial charge < -0.3 is 5.11 Å². The Labute approximate surface area is 121 Å². The molecule has 0 saturated carbocycles. The first-order valence-electron chi connectivity index (χ1n) is 6.33. The quantitative estimate of drug-likeness (QED) is 0.796. The summed E-state index contributed by atoms with van der Waals surface area (Å²) in [6.07, 6.45) is 3.28. The van der Waals surface area contributed by atoms with Gasteiger partial charge in [0.15, 0.2) is 0 Å². The second-order valence-electron chi connectivity index (χ2n) is 4.33. The Kier molecular flexibility index (Phi) is 3.39. The summed E-state index contributed by atoms with van der Waals surface area (Å²) in [5, 5.41) is 9.31. The Bertz CT molecular complexity index is 774. The molecule has 0 radical (unpaired) electrons. The molecule has 5 nitrogen and oxygen atoms in total. The van der Waals surface area contributed by atoms with E-state index in [1.54, 1.807) is 36.7 Å². The third kappa shape index (κ3) is 2.62. The maximum atomic E-state index is 11.4. The highest BCUT2D eigenvalue weighted by atomic mass is 16.4. The number of hydrogen-bond donors (Lipinski definition) is 1. The molecule has 0 unspecified atom stereocenters. The number of pyridine rings is 3. The highest BCUT2D eigenvalue weighted by molar-refractivity contribution is 5.94. The summed E-state index contributed by atoms with van der Waals surface area (Å²) >= 11 is 0. The fraction of sp³-hybridized carbons (Fsp3) is 0. The summed E-state index contributed by atoms with van der Waals surface area (Å²) in [5.74, 6) is -1.03. The van der Waals surface area contributed by atoms with Gasteiger partial charge in [-0.15, -0.1) is 0 Å². The maximum absolute atomic E-state index is 11.4. The van der Waals surface area contributed by atoms with E-state index >= 15 is 0 Å². The van der Waals surface area contributed by atoms with Crippen LogP contribution in [0.15, 0.2) is 60.9 Å². The molecule has 5 heteroatoms. The summed E-state index contributed by atoms with van der Waals surface area (Å²) in [6.45, 7) is 0. The maximum Gasteiger partial charge on any atom is 0.337 e. The van der Waals surface area contributed by atoms with Crippen LogP contribution in [-0.2, 0) is 0 Å². The molecule has 0 fully saturated rings. The lowest BCUT2D eigenvalue weighted by molar-refractivity contribution is 0.0697. The smallest absolute Gasteiger partial charge is 0.337 e. The van der Waals surface area contributed by atoms with E-state index in [-0.39, 0.29) is 5.56 Å². The first-order chi connectivity index (χ1) is 10.3. The molecule has 0 spiro atoms. The Morgan fingerprint density at radius 1 is 0.810 bits per heavy atom. The summed E-state index contributed by atoms with van der Waals surface area (Å²) in [7, 11) is 0. The molecule has 3 rings (SSSR count). The zero-order chi connectivity index (χ0) is 14.7. The lowest BCUT2D eigenvalue weighted by atomic mass is 10.1. The summed E-state index contributed by atoms with van der Waals surface area (Å²) in [5.41, 5.74) is 2.28. The molecular weight excluding hydrogens is 266 g/mol. The van der Waals surface area contributed by atoms with Crippen molar-refractivity contribution >= 4 is 5.97 Å². The largest absolute Gasteiger partial charge is 0.478 e. The van der Waals surface area contributed by atoms with Gasteiger partial charge in [0.25, 0.3) is 0 Å². The van der Waals surface area contributed by atoms with E-state index in [9.17, 15) is 9.90 Å². The fourth-order valence-corrected chi connectivity index (χ4v) is 1.99. The van der Waals surface area contributed by atoms with Gasteiger partial charge in [0, 0.05) is 12.4 Å². The van der Waals surface area contributed by atoms with Gasteiger partial charge in [-0.25, -0.2) is 9.78 Å². The van der Waals surface area contributed by atoms with E-state index < -0.39 is 5.97 Å². The zero-order valence-corrected chi connectivity index (χ0v) is 11.0. The molecule has 0 amide bonds. The highest BCUT2D eigenvalue weighted by Crippen LogP contribution is 2.23. The number of nitrogens with zero attached hydrogens (tertiary/aromatic N) is 3. The van der Waals surface area contributed by atoms with Crippen LogP contribution in [0.1, 0.15) is 10.4 Å². The van der Waals surface area contributed by atoms with Gasteiger partial charge >= 0.3 is 5.97 Å². The van der Waals surface area contributed by atoms with E-state index in [1.807, 2.05) is 18.2 Å². The molecule has 3 aromatic heterocycles. The molecule has 0 aliphatic rings. The molecule has 0 atom stereocenters. The average Bonchev–Trinajstić information content (AvgIpc) is 2.56. The van der Waals surface area contributed by atoms with Crippen LogP contribution < -0.4 is 0 Å². The van der Waals surface area contributed by atoms with E-state index in [0.717, 1.165) is 0 Å². The summed E-state index contributed by atoms with van der Waals surface area (Å²) in [6, 6.07) is 14.0. The van der Waals surface area contributed by atoms with Crippen LogP contribution in [0.3, 0.4) is 0 Å². The Balaban J connectivity index is 2.18. The lowest BCUT2D eigenvalue weighted by Gasteiger charge is -2.07. The number of carboxylic acids is 1. The van der Waals surface area contributed by atoms with Crippen molar-refractivity contribution in [3.05, 3.63) is 66.5 Å². The van der Waals surface area contributed by atoms with Gasteiger partial charge in [0.05, 0.1) is 22.6 Å². The first-order valence-corrected chi connectivity index (χ1v) is 6.33. The van der Waals surface area contributed by atoms with Crippen molar-refractivity contribution < 1.29 is 9.90 Å². The Morgan fingerprint density at radius 3 is 2.05 bits per heavy atom. The van der Waals surface area contributed by atoms with Crippen LogP contribution in [-0.4, -0.2) is 26.0 Å². The molecule has 0 aliphatic heterocycles. The predicted octanol–water partition coefficient (Wildman–Crippen LogP) is 2.90. The highest BCUT2D eigenvalue weighted by Gasteiger charge is 2.15. The second kappa shape index (κ2) is 5.50. The third-order valence-corrected chi connectivity index (χ3v) is 2.96. The van der Waals surface area contributed by atoms with Crippen LogP contribution in [0, 0.1) is 0 Å². The first kappa shape index (κ1) is 12.9. The molecule has 0 aliphatic carbocycles. The van der Waals surface area contributed by atoms with Crippen LogP contribution in [0.2, 0.25) is 0 Å². The van der Waals surface area contributed by atoms with Gasteiger partial charge in [-0.3, -0.25) is 9.97 Å². The van der Waals surface area contributed by atoms with Crippen molar-refractivity contribution in [2.75, 3.05) is 0 Å². The molecule has 3 heterocycles. The number of rotatable bonds is 3. The predicted molar refractivity (Wildman–Crippen MR) is 77.7 cm³/mol. The molecular formula is C16H11N3O2. The number of carbonyl (C=O) groups is 1. The topological polar surface area (TPSA) is 76.0 Å². The van der Waals surface area contributed by atoms with Crippen molar-refractivity contribution in [2.24, 2.45) is 0 Å². The minimum absolute atomic E-state index is 0.119. The monoisotopic (exact) mass is 277 g/mol. The number of aromatic carboxylic acids is 1. The number of carboxylic acid groups (broad SMARTS) is 1. The van der Waals surface area contributed by atoms with Crippen LogP contribution in [0.4, 0.5) is 0 Å². The molecule has 102 valence electrons. The average molecular weight is 277 g/mol. The van der Waals surface area contributed by atoms with Crippen molar-refractivity contribution in [3.8, 4) is 22.8 Å². The second-order valence-corrected chi connectivity index (χ2v) is 4.33. The van der Waals surface area contributed by atoms with Gasteiger partial charge in [-0.1, -0.05) is 12.1 Å². The van der Waals surface area contributed by atoms with Crippen LogP contribution in [0.25, 0.3) is 22.8 Å². The van der Waals surface area contributed by atoms with E-state index in [0.29, 0.717) is 22.8 Å². The third-order valence-electron chi connectivity index (χ3n) is 2.96. The van der Waals surface area contributed by atoms with Crippen molar-refractivity contribution in [1.82, 2.24) is 15.0 Å². The molecule has 21 heavy (non-hydrogen) atoms. The van der Waals surface area contributed by atoms with Crippen molar-refractivity contribution in [3.63, 3.8) is 0 Å². The Morgan fingerprint density at radius 2 is 1.48 bits per heavy atom. The van der Waals surface area contributed by atoms with Crippen LogP contribution >= 0.6 is 0 Å². The van der Waals surface area contributed by atoms with Crippen LogP contribution in [0.5, 0.6) is 0 Å². The zero-order valence-electron chi connectivity index (χ0n) is 11.0. The Hall–Kier alpha value is -3.08. The molecule has 0 aromatic carbocycles. The molecule has 1 N–H and O–H groups in total. The standard InChI is InChI=1S/C16H11N3O2/c20-16(21)11-7-8-13(12-5-1-3-9-17-12)19-15(11)14-6-2-4-10-18-14/h1-10H,(H,20,21). The van der Waals surface area contributed by atoms with Gasteiger partial charge in [0.1, 0.15) is 5.69 Å². The van der Waals surface area contributed by atoms with E-state index in [4.69, 9.17) is 0 Å². The molecule has 3 aromatic rings. The lowest BCUT2D eigenvalue weighted by Crippen LogP contribution is -2.03. The summed E-state index contributed by atoms with van der Waals surface area (Å²) in [4.78, 5) is 24.2. The molecule has 0 bridgehead atoms. The van der Waals surface area contributed by atoms with Gasteiger partial charge in [0.2, 0.25) is 0 Å². The van der Waals surface area contributed by atoms with Crippen molar-refractivity contribution in [1.29, 1.82) is 0 Å². The minimum Gasteiger partial charge on any atom is -0.478 e. The van der Waals surface area contributed by atoms with Gasteiger partial charge in [-0.05, 0) is 36.4 Å². The fourth-order valence-electron chi connectivity index (χ4n) is 1.99. The minimum atomic E-state index is -1.03. The number of hydrogen-bond acceptors (Lipinski definition) is 4. The normalized spacial score (nSPS) is 10.3.